The number of hydrogen-bond acceptors (Lipinski definition) is 9. The monoisotopic (exact) mass is 1140 g/mol. The fraction of sp³-hybridized carbons (Fsp3) is 0.0909. The van der Waals surface area contributed by atoms with Crippen molar-refractivity contribution in [1.29, 1.82) is 0 Å². The number of hydrogen-bond donors (Lipinski definition) is 0. The van der Waals surface area contributed by atoms with Crippen LogP contribution in [-0.2, 0) is 18.5 Å². The molecule has 12 aromatic rings. The summed E-state index contributed by atoms with van der Waals surface area (Å²) in [6, 6.07) is 54.0. The van der Waals surface area contributed by atoms with Crippen molar-refractivity contribution in [3.8, 4) is 84.4 Å². The molecule has 0 amide bonds. The Morgan fingerprint density at radius 3 is 0.726 bits per heavy atom. The predicted octanol–water partition coefficient (Wildman–Crippen LogP) is 18.0. The molecule has 0 aliphatic carbocycles. The molecule has 0 N–H and O–H groups in total. The Hall–Kier alpha value is -10.2. The van der Waals surface area contributed by atoms with Crippen LogP contribution in [0.1, 0.15) is 16.7 Å². The first-order valence-corrected chi connectivity index (χ1v) is 25.6. The Labute approximate surface area is 474 Å². The Morgan fingerprint density at radius 2 is 0.512 bits per heavy atom. The summed E-state index contributed by atoms with van der Waals surface area (Å²) in [6.07, 6.45) is -8.03. The standard InChI is InChI=1S/3C22H15F3N2O/c3*1-28-17-10-6-14(7-11-17)18-13-20(27-19-3-2-12-26-21(18)19)15-4-8-16(9-5-15)22(23,24)25/h3*2-13H,1H3. The van der Waals surface area contributed by atoms with Gasteiger partial charge in [0.15, 0.2) is 0 Å². The molecule has 0 aliphatic rings. The summed E-state index contributed by atoms with van der Waals surface area (Å²) in [5.41, 5.74) is 11.0. The highest BCUT2D eigenvalue weighted by Gasteiger charge is 2.32. The molecule has 18 heteroatoms. The van der Waals surface area contributed by atoms with Crippen molar-refractivity contribution in [2.45, 2.75) is 18.5 Å². The summed E-state index contributed by atoms with van der Waals surface area (Å²) in [6.45, 7) is 0. The van der Waals surface area contributed by atoms with E-state index in [4.69, 9.17) is 14.2 Å². The number of aromatic nitrogens is 6. The maximum absolute atomic E-state index is 12.8. The largest absolute Gasteiger partial charge is 0.497 e. The van der Waals surface area contributed by atoms with Gasteiger partial charge in [0, 0.05) is 52.0 Å². The van der Waals surface area contributed by atoms with E-state index in [9.17, 15) is 39.5 Å². The topological polar surface area (TPSA) is 105 Å². The van der Waals surface area contributed by atoms with Gasteiger partial charge in [0.1, 0.15) is 17.2 Å². The summed E-state index contributed by atoms with van der Waals surface area (Å²) in [5.74, 6) is 2.20. The summed E-state index contributed by atoms with van der Waals surface area (Å²) in [4.78, 5) is 27.1. The van der Waals surface area contributed by atoms with Crippen LogP contribution in [0.15, 0.2) is 219 Å². The first-order valence-electron chi connectivity index (χ1n) is 25.6. The van der Waals surface area contributed by atoms with Gasteiger partial charge in [-0.25, -0.2) is 15.0 Å². The van der Waals surface area contributed by atoms with Crippen molar-refractivity contribution in [3.63, 3.8) is 0 Å². The summed E-state index contributed by atoms with van der Waals surface area (Å²) in [7, 11) is 4.79. The van der Waals surface area contributed by atoms with Crippen LogP contribution in [0.3, 0.4) is 0 Å². The van der Waals surface area contributed by atoms with Gasteiger partial charge in [-0.15, -0.1) is 0 Å². The van der Waals surface area contributed by atoms with E-state index in [0.717, 1.165) is 104 Å². The van der Waals surface area contributed by atoms with Gasteiger partial charge >= 0.3 is 18.5 Å². The second-order valence-electron chi connectivity index (χ2n) is 18.7. The van der Waals surface area contributed by atoms with Gasteiger partial charge in [0.25, 0.3) is 0 Å². The summed E-state index contributed by atoms with van der Waals surface area (Å²) in [5, 5.41) is 0. The first kappa shape index (κ1) is 57.0. The fourth-order valence-electron chi connectivity index (χ4n) is 9.09. The lowest BCUT2D eigenvalue weighted by molar-refractivity contribution is -0.138. The molecular formula is C66H45F9N6O3. The van der Waals surface area contributed by atoms with E-state index in [1.165, 1.54) is 36.4 Å². The zero-order chi connectivity index (χ0) is 59.2. The Kier molecular flexibility index (Phi) is 16.3. The first-order chi connectivity index (χ1) is 40.4. The van der Waals surface area contributed by atoms with Crippen LogP contribution < -0.4 is 14.2 Å². The highest BCUT2D eigenvalue weighted by atomic mass is 19.4. The van der Waals surface area contributed by atoms with Crippen LogP contribution >= 0.6 is 0 Å². The van der Waals surface area contributed by atoms with E-state index in [2.05, 4.69) is 29.9 Å². The maximum Gasteiger partial charge on any atom is 0.416 e. The van der Waals surface area contributed by atoms with Crippen LogP contribution in [0.25, 0.3) is 100 Å². The molecular weight excluding hydrogens is 1100 g/mol. The van der Waals surface area contributed by atoms with Gasteiger partial charge in [0.05, 0.1) is 88.2 Å². The van der Waals surface area contributed by atoms with Crippen molar-refractivity contribution in [2.24, 2.45) is 0 Å². The zero-order valence-corrected chi connectivity index (χ0v) is 44.6. The molecule has 12 rings (SSSR count). The van der Waals surface area contributed by atoms with Crippen LogP contribution in [0.2, 0.25) is 0 Å². The van der Waals surface area contributed by atoms with E-state index in [1.807, 2.05) is 109 Å². The number of ether oxygens (including phenoxy) is 3. The van der Waals surface area contributed by atoms with Crippen molar-refractivity contribution >= 4 is 33.1 Å². The molecule has 0 radical (unpaired) electrons. The third-order valence-electron chi connectivity index (χ3n) is 13.4. The van der Waals surface area contributed by atoms with E-state index < -0.39 is 35.2 Å². The number of methoxy groups -OCH3 is 3. The number of fused-ring (bicyclic) bond motifs is 3. The molecule has 0 saturated carbocycles. The Bertz CT molecular complexity index is 3800. The normalized spacial score (nSPS) is 11.6. The van der Waals surface area contributed by atoms with E-state index in [-0.39, 0.29) is 0 Å². The number of pyridine rings is 6. The molecule has 0 atom stereocenters. The average Bonchev–Trinajstić information content (AvgIpc) is 3.60. The SMILES string of the molecule is COc1ccc(-c2cc(-c3ccc(C(F)(F)F)cc3)nc3cccnc23)cc1.COc1ccc(-c2cc(-c3ccc(C(F)(F)F)cc3)nc3cccnc23)cc1.COc1ccc(-c2cc(-c3ccc(C(F)(F)F)cc3)nc3cccnc23)cc1. The average molecular weight is 1140 g/mol. The van der Waals surface area contributed by atoms with Gasteiger partial charge in [-0.3, -0.25) is 15.0 Å². The van der Waals surface area contributed by atoms with Crippen LogP contribution in [-0.4, -0.2) is 51.2 Å². The van der Waals surface area contributed by atoms with E-state index in [1.54, 1.807) is 58.1 Å². The predicted molar refractivity (Wildman–Crippen MR) is 306 cm³/mol. The summed E-state index contributed by atoms with van der Waals surface area (Å²) < 4.78 is 131. The molecule has 9 nitrogen and oxygen atoms in total. The highest BCUT2D eigenvalue weighted by molar-refractivity contribution is 5.96. The van der Waals surface area contributed by atoms with Crippen molar-refractivity contribution < 1.29 is 53.7 Å². The molecule has 6 aromatic heterocycles. The van der Waals surface area contributed by atoms with Gasteiger partial charge < -0.3 is 14.2 Å². The van der Waals surface area contributed by atoms with Gasteiger partial charge in [-0.2, -0.15) is 39.5 Å². The maximum atomic E-state index is 12.8. The van der Waals surface area contributed by atoms with Crippen molar-refractivity contribution in [1.82, 2.24) is 29.9 Å². The second-order valence-corrected chi connectivity index (χ2v) is 18.7. The molecule has 0 unspecified atom stereocenters. The molecule has 6 aromatic carbocycles. The number of rotatable bonds is 9. The minimum atomic E-state index is -4.37. The minimum absolute atomic E-state index is 0.583. The third kappa shape index (κ3) is 12.9. The molecule has 0 fully saturated rings. The van der Waals surface area contributed by atoms with Gasteiger partial charge in [0.2, 0.25) is 0 Å². The molecule has 0 spiro atoms. The number of nitrogens with zero attached hydrogens (tertiary/aromatic N) is 6. The molecule has 0 bridgehead atoms. The smallest absolute Gasteiger partial charge is 0.416 e. The number of halogens is 9. The molecule has 420 valence electrons. The van der Waals surface area contributed by atoms with Crippen molar-refractivity contribution in [2.75, 3.05) is 21.3 Å². The highest BCUT2D eigenvalue weighted by Crippen LogP contribution is 2.38. The number of alkyl halides is 9. The van der Waals surface area contributed by atoms with E-state index in [0.29, 0.717) is 50.3 Å². The Balaban J connectivity index is 0.000000140. The molecule has 84 heavy (non-hydrogen) atoms. The molecule has 0 saturated heterocycles. The zero-order valence-electron chi connectivity index (χ0n) is 44.6. The van der Waals surface area contributed by atoms with Gasteiger partial charge in [-0.1, -0.05) is 72.8 Å². The lowest BCUT2D eigenvalue weighted by Gasteiger charge is -2.11. The van der Waals surface area contributed by atoms with Crippen LogP contribution in [0.5, 0.6) is 17.2 Å². The number of benzene rings is 6. The second kappa shape index (κ2) is 24.1. The van der Waals surface area contributed by atoms with Crippen LogP contribution in [0.4, 0.5) is 39.5 Å². The van der Waals surface area contributed by atoms with Crippen LogP contribution in [0, 0.1) is 0 Å². The molecule has 0 aliphatic heterocycles. The fourth-order valence-corrected chi connectivity index (χ4v) is 9.09. The van der Waals surface area contributed by atoms with Crippen molar-refractivity contribution in [3.05, 3.63) is 235 Å². The Morgan fingerprint density at radius 1 is 0.286 bits per heavy atom. The minimum Gasteiger partial charge on any atom is -0.497 e. The third-order valence-corrected chi connectivity index (χ3v) is 13.4. The molecule has 6 heterocycles. The lowest BCUT2D eigenvalue weighted by atomic mass is 10.0. The lowest BCUT2D eigenvalue weighted by Crippen LogP contribution is -2.04. The van der Waals surface area contributed by atoms with E-state index >= 15 is 0 Å². The van der Waals surface area contributed by atoms with Gasteiger partial charge in [-0.05, 0) is 144 Å². The quantitative estimate of drug-likeness (QED) is 0.131. The summed E-state index contributed by atoms with van der Waals surface area (Å²) >= 11 is 0.